The molecule has 0 radical (unpaired) electrons. The van der Waals surface area contributed by atoms with Crippen molar-refractivity contribution in [2.75, 3.05) is 0 Å². The first-order valence-corrected chi connectivity index (χ1v) is 2.92. The number of carboxylic acids is 2. The Labute approximate surface area is 129 Å². The van der Waals surface area contributed by atoms with Gasteiger partial charge >= 0.3 is 82.2 Å². The van der Waals surface area contributed by atoms with Crippen molar-refractivity contribution in [3.63, 3.8) is 0 Å². The van der Waals surface area contributed by atoms with Gasteiger partial charge in [0.05, 0.1) is 0 Å². The smallest absolute Gasteiger partial charge is 1.00 e. The van der Waals surface area contributed by atoms with Crippen LogP contribution in [0.25, 0.3) is 0 Å². The van der Waals surface area contributed by atoms with Crippen LogP contribution in [0, 0.1) is 11.8 Å². The Hall–Kier alpha value is 1.17. The zero-order valence-electron chi connectivity index (χ0n) is 9.87. The molecule has 0 atom stereocenters. The van der Waals surface area contributed by atoms with E-state index >= 15 is 0 Å². The predicted molar refractivity (Wildman–Crippen MR) is 35.8 cm³/mol. The molecular formula is C6H12KLiO4. The van der Waals surface area contributed by atoms with Gasteiger partial charge in [0.15, 0.2) is 5.92 Å². The molecule has 6 heteroatoms. The van der Waals surface area contributed by atoms with E-state index in [1.54, 1.807) is 13.8 Å². The van der Waals surface area contributed by atoms with Crippen LogP contribution in [0.1, 0.15) is 16.7 Å². The zero-order valence-corrected chi connectivity index (χ0v) is 11.0. The van der Waals surface area contributed by atoms with Crippen molar-refractivity contribution in [2.24, 2.45) is 11.8 Å². The van der Waals surface area contributed by atoms with Crippen LogP contribution < -0.4 is 70.2 Å². The Morgan fingerprint density at radius 1 is 1.17 bits per heavy atom. The first-order valence-electron chi connectivity index (χ1n) is 2.92. The molecule has 0 bridgehead atoms. The van der Waals surface area contributed by atoms with Crippen molar-refractivity contribution in [1.82, 2.24) is 0 Å². The van der Waals surface area contributed by atoms with E-state index in [0.29, 0.717) is 0 Å². The number of hydrogen-bond acceptors (Lipinski definition) is 2. The summed E-state index contributed by atoms with van der Waals surface area (Å²) in [4.78, 5) is 20.4. The molecule has 0 aromatic carbocycles. The van der Waals surface area contributed by atoms with Crippen molar-refractivity contribution >= 4 is 11.9 Å². The van der Waals surface area contributed by atoms with Crippen LogP contribution in [0.5, 0.6) is 0 Å². The molecule has 0 aromatic heterocycles. The van der Waals surface area contributed by atoms with Gasteiger partial charge in [0.1, 0.15) is 0 Å². The van der Waals surface area contributed by atoms with Gasteiger partial charge in [0, 0.05) is 0 Å². The topological polar surface area (TPSA) is 74.6 Å². The standard InChI is InChI=1S/C6H10O4.K.Li.2H/c1-3(2)4(5(7)8)6(9)10;;;;/h3-4H,1-2H3,(H,7,8)(H,9,10);;;;/q;2*+1;2*-1. The van der Waals surface area contributed by atoms with Gasteiger partial charge in [-0.15, -0.1) is 0 Å². The van der Waals surface area contributed by atoms with E-state index in [0.717, 1.165) is 0 Å². The number of aliphatic carboxylic acids is 2. The maximum absolute atomic E-state index is 10.2. The van der Waals surface area contributed by atoms with E-state index in [9.17, 15) is 9.59 Å². The Morgan fingerprint density at radius 2 is 1.42 bits per heavy atom. The summed E-state index contributed by atoms with van der Waals surface area (Å²) in [6.07, 6.45) is 0. The monoisotopic (exact) mass is 194 g/mol. The number of rotatable bonds is 3. The van der Waals surface area contributed by atoms with Crippen LogP contribution in [-0.4, -0.2) is 22.2 Å². The Morgan fingerprint density at radius 3 is 1.42 bits per heavy atom. The molecule has 0 saturated heterocycles. The molecule has 0 aromatic rings. The fourth-order valence-corrected chi connectivity index (χ4v) is 0.676. The number of hydrogen-bond donors (Lipinski definition) is 2. The van der Waals surface area contributed by atoms with E-state index < -0.39 is 17.9 Å². The summed E-state index contributed by atoms with van der Waals surface area (Å²) in [5.41, 5.74) is 0. The Bertz CT molecular complexity index is 154. The third kappa shape index (κ3) is 6.66. The fourth-order valence-electron chi connectivity index (χ4n) is 0.676. The molecule has 0 heterocycles. The molecule has 0 saturated carbocycles. The molecule has 0 aliphatic heterocycles. The normalized spacial score (nSPS) is 8.67. The third-order valence-corrected chi connectivity index (χ3v) is 1.20. The average Bonchev–Trinajstić information content (AvgIpc) is 1.59. The predicted octanol–water partition coefficient (Wildman–Crippen LogP) is -5.34. The SMILES string of the molecule is CC(C)C(C(=O)O)C(=O)O.[H-].[H-].[K+].[Li+]. The zero-order chi connectivity index (χ0) is 8.31. The van der Waals surface area contributed by atoms with Gasteiger partial charge in [-0.3, -0.25) is 9.59 Å². The summed E-state index contributed by atoms with van der Waals surface area (Å²) in [6.45, 7) is 3.12. The third-order valence-electron chi connectivity index (χ3n) is 1.20. The van der Waals surface area contributed by atoms with E-state index in [-0.39, 0.29) is 79.0 Å². The second-order valence-corrected chi connectivity index (χ2v) is 2.40. The first kappa shape index (κ1) is 18.9. The van der Waals surface area contributed by atoms with Gasteiger partial charge in [0.25, 0.3) is 0 Å². The van der Waals surface area contributed by atoms with E-state index in [2.05, 4.69) is 0 Å². The van der Waals surface area contributed by atoms with Crippen LogP contribution in [0.15, 0.2) is 0 Å². The van der Waals surface area contributed by atoms with Gasteiger partial charge in [-0.1, -0.05) is 13.8 Å². The molecular weight excluding hydrogens is 182 g/mol. The molecule has 0 aliphatic carbocycles. The summed E-state index contributed by atoms with van der Waals surface area (Å²) >= 11 is 0. The Balaban J connectivity index is -0.0000000675. The summed E-state index contributed by atoms with van der Waals surface area (Å²) in [5.74, 6) is -4.19. The van der Waals surface area contributed by atoms with Crippen LogP contribution in [0.2, 0.25) is 0 Å². The summed E-state index contributed by atoms with van der Waals surface area (Å²) < 4.78 is 0. The van der Waals surface area contributed by atoms with Crippen molar-refractivity contribution in [1.29, 1.82) is 0 Å². The summed E-state index contributed by atoms with van der Waals surface area (Å²) in [5, 5.41) is 16.7. The second-order valence-electron chi connectivity index (χ2n) is 2.40. The van der Waals surface area contributed by atoms with Gasteiger partial charge in [-0.25, -0.2) is 0 Å². The molecule has 12 heavy (non-hydrogen) atoms. The molecule has 0 aliphatic rings. The maximum atomic E-state index is 10.2. The van der Waals surface area contributed by atoms with Gasteiger partial charge in [0.2, 0.25) is 0 Å². The van der Waals surface area contributed by atoms with Gasteiger partial charge < -0.3 is 13.1 Å². The quantitative estimate of drug-likeness (QED) is 0.347. The minimum Gasteiger partial charge on any atom is -1.00 e. The van der Waals surface area contributed by atoms with Crippen LogP contribution in [0.4, 0.5) is 0 Å². The van der Waals surface area contributed by atoms with Crippen LogP contribution in [0.3, 0.4) is 0 Å². The largest absolute Gasteiger partial charge is 1.00 e. The molecule has 4 nitrogen and oxygen atoms in total. The summed E-state index contributed by atoms with van der Waals surface area (Å²) in [7, 11) is 0. The van der Waals surface area contributed by atoms with Gasteiger partial charge in [-0.2, -0.15) is 0 Å². The molecule has 0 unspecified atom stereocenters. The molecule has 0 rings (SSSR count). The first-order chi connectivity index (χ1) is 4.46. The fraction of sp³-hybridized carbons (Fsp3) is 0.667. The van der Waals surface area contributed by atoms with E-state index in [1.807, 2.05) is 0 Å². The van der Waals surface area contributed by atoms with Crippen LogP contribution in [-0.2, 0) is 9.59 Å². The van der Waals surface area contributed by atoms with Gasteiger partial charge in [-0.05, 0) is 5.92 Å². The molecule has 0 fully saturated rings. The van der Waals surface area contributed by atoms with Crippen molar-refractivity contribution < 1.29 is 92.9 Å². The molecule has 62 valence electrons. The second kappa shape index (κ2) is 8.76. The minimum absolute atomic E-state index is 0. The average molecular weight is 194 g/mol. The number of carbonyl (C=O) groups is 2. The number of carboxylic acid groups (broad SMARTS) is 2. The molecule has 2 N–H and O–H groups in total. The molecule has 0 amide bonds. The van der Waals surface area contributed by atoms with E-state index in [4.69, 9.17) is 10.2 Å². The van der Waals surface area contributed by atoms with Crippen molar-refractivity contribution in [2.45, 2.75) is 13.8 Å². The minimum atomic E-state index is -1.28. The van der Waals surface area contributed by atoms with E-state index in [1.165, 1.54) is 0 Å². The van der Waals surface area contributed by atoms with Crippen molar-refractivity contribution in [3.8, 4) is 0 Å². The summed E-state index contributed by atoms with van der Waals surface area (Å²) in [6, 6.07) is 0. The molecule has 0 spiro atoms. The van der Waals surface area contributed by atoms with Crippen molar-refractivity contribution in [3.05, 3.63) is 0 Å². The van der Waals surface area contributed by atoms with Crippen LogP contribution >= 0.6 is 0 Å². The maximum Gasteiger partial charge on any atom is 1.00 e. The Kier molecular flexibility index (Phi) is 13.8.